The number of aromatic nitrogens is 2. The molecule has 0 saturated heterocycles. The highest BCUT2D eigenvalue weighted by Crippen LogP contribution is 2.14. The molecule has 0 bridgehead atoms. The van der Waals surface area contributed by atoms with Gasteiger partial charge in [0.2, 0.25) is 5.95 Å². The highest BCUT2D eigenvalue weighted by molar-refractivity contribution is 5.42. The Bertz CT molecular complexity index is 631. The molecule has 0 radical (unpaired) electrons. The summed E-state index contributed by atoms with van der Waals surface area (Å²) in [5.74, 6) is 2.45. The molecule has 0 spiro atoms. The zero-order valence-electron chi connectivity index (χ0n) is 14.9. The third-order valence-electron chi connectivity index (χ3n) is 3.77. The quantitative estimate of drug-likeness (QED) is 0.644. The summed E-state index contributed by atoms with van der Waals surface area (Å²) in [6.07, 6.45) is 4.52. The number of hydrogen-bond donors (Lipinski definition) is 2. The van der Waals surface area contributed by atoms with Crippen molar-refractivity contribution in [1.82, 2.24) is 9.97 Å². The van der Waals surface area contributed by atoms with Crippen molar-refractivity contribution in [1.29, 1.82) is 0 Å². The lowest BCUT2D eigenvalue weighted by molar-refractivity contribution is 0.414. The molecule has 2 rings (SSSR count). The minimum atomic E-state index is 0.677. The van der Waals surface area contributed by atoms with E-state index in [1.54, 1.807) is 7.11 Å². The molecule has 0 aliphatic heterocycles. The molecule has 0 amide bonds. The van der Waals surface area contributed by atoms with Crippen molar-refractivity contribution in [2.75, 3.05) is 30.8 Å². The van der Waals surface area contributed by atoms with E-state index in [0.717, 1.165) is 43.2 Å². The molecule has 0 aliphatic carbocycles. The molecule has 5 nitrogen and oxygen atoms in total. The maximum atomic E-state index is 5.25. The number of nitrogens with one attached hydrogen (secondary N) is 2. The summed E-state index contributed by atoms with van der Waals surface area (Å²) in [5, 5.41) is 6.69. The van der Waals surface area contributed by atoms with Gasteiger partial charge in [0.25, 0.3) is 0 Å². The van der Waals surface area contributed by atoms with Gasteiger partial charge in [-0.25, -0.2) is 4.98 Å². The number of methoxy groups -OCH3 is 1. The topological polar surface area (TPSA) is 59.1 Å². The smallest absolute Gasteiger partial charge is 0.224 e. The highest BCUT2D eigenvalue weighted by Gasteiger charge is 2.02. The molecule has 1 aromatic carbocycles. The molecule has 2 aromatic rings. The van der Waals surface area contributed by atoms with Crippen molar-refractivity contribution >= 4 is 11.8 Å². The minimum Gasteiger partial charge on any atom is -0.497 e. The van der Waals surface area contributed by atoms with Gasteiger partial charge >= 0.3 is 0 Å². The van der Waals surface area contributed by atoms with Crippen LogP contribution < -0.4 is 15.4 Å². The fourth-order valence-electron chi connectivity index (χ4n) is 2.48. The average molecular weight is 328 g/mol. The molecule has 0 aliphatic rings. The Kier molecular flexibility index (Phi) is 7.33. The summed E-state index contributed by atoms with van der Waals surface area (Å²) in [6.45, 7) is 5.94. The lowest BCUT2D eigenvalue weighted by Gasteiger charge is -2.10. The van der Waals surface area contributed by atoms with Crippen LogP contribution >= 0.6 is 0 Å². The zero-order chi connectivity index (χ0) is 17.2. The summed E-state index contributed by atoms with van der Waals surface area (Å²) in [7, 11) is 1.69. The number of nitrogens with zero attached hydrogens (tertiary/aromatic N) is 2. The Morgan fingerprint density at radius 2 is 1.92 bits per heavy atom. The molecule has 0 fully saturated rings. The number of unbranched alkanes of at least 4 members (excludes halogenated alkanes) is 2. The van der Waals surface area contributed by atoms with Crippen molar-refractivity contribution in [3.05, 3.63) is 41.6 Å². The number of aryl methyl sites for hydroxylation is 1. The largest absolute Gasteiger partial charge is 0.497 e. The predicted molar refractivity (Wildman–Crippen MR) is 100.0 cm³/mol. The van der Waals surface area contributed by atoms with E-state index in [4.69, 9.17) is 4.74 Å². The molecular formula is C19H28N4O. The lowest BCUT2D eigenvalue weighted by Crippen LogP contribution is -2.11. The van der Waals surface area contributed by atoms with Crippen molar-refractivity contribution in [3.8, 4) is 5.75 Å². The number of rotatable bonds is 10. The Labute approximate surface area is 144 Å². The van der Waals surface area contributed by atoms with Crippen LogP contribution in [0.5, 0.6) is 5.75 Å². The van der Waals surface area contributed by atoms with E-state index in [1.807, 2.05) is 25.1 Å². The van der Waals surface area contributed by atoms with Gasteiger partial charge in [-0.1, -0.05) is 31.9 Å². The standard InChI is InChI=1S/C19H28N4O/c1-4-5-6-11-20-18-13-15(2)22-19(23-18)21-12-10-16-8-7-9-17(14-16)24-3/h7-9,13-14H,4-6,10-12H2,1-3H3,(H2,20,21,22,23). The molecule has 0 saturated carbocycles. The monoisotopic (exact) mass is 328 g/mol. The maximum Gasteiger partial charge on any atom is 0.224 e. The second-order valence-corrected chi connectivity index (χ2v) is 5.88. The fourth-order valence-corrected chi connectivity index (χ4v) is 2.48. The predicted octanol–water partition coefficient (Wildman–Crippen LogP) is 4.05. The molecule has 0 unspecified atom stereocenters. The van der Waals surface area contributed by atoms with Crippen LogP contribution in [0.25, 0.3) is 0 Å². The van der Waals surface area contributed by atoms with Gasteiger partial charge < -0.3 is 15.4 Å². The van der Waals surface area contributed by atoms with Gasteiger partial charge in [-0.3, -0.25) is 0 Å². The number of benzene rings is 1. The second kappa shape index (κ2) is 9.75. The van der Waals surface area contributed by atoms with Gasteiger partial charge in [0.1, 0.15) is 11.6 Å². The summed E-state index contributed by atoms with van der Waals surface area (Å²) in [5.41, 5.74) is 2.19. The van der Waals surface area contributed by atoms with Gasteiger partial charge in [0, 0.05) is 24.8 Å². The molecule has 1 heterocycles. The molecule has 1 aromatic heterocycles. The average Bonchev–Trinajstić information content (AvgIpc) is 2.58. The van der Waals surface area contributed by atoms with Crippen molar-refractivity contribution in [2.45, 2.75) is 39.5 Å². The summed E-state index contributed by atoms with van der Waals surface area (Å²) >= 11 is 0. The van der Waals surface area contributed by atoms with Crippen LogP contribution in [0.1, 0.15) is 37.4 Å². The maximum absolute atomic E-state index is 5.25. The SMILES string of the molecule is CCCCCNc1cc(C)nc(NCCc2cccc(OC)c2)n1. The Balaban J connectivity index is 1.86. The summed E-state index contributed by atoms with van der Waals surface area (Å²) in [6, 6.07) is 10.1. The van der Waals surface area contributed by atoms with Crippen LogP contribution in [-0.2, 0) is 6.42 Å². The van der Waals surface area contributed by atoms with Gasteiger partial charge in [-0.05, 0) is 37.5 Å². The second-order valence-electron chi connectivity index (χ2n) is 5.88. The number of ether oxygens (including phenoxy) is 1. The van der Waals surface area contributed by atoms with Crippen LogP contribution in [0, 0.1) is 6.92 Å². The van der Waals surface area contributed by atoms with E-state index < -0.39 is 0 Å². The highest BCUT2D eigenvalue weighted by atomic mass is 16.5. The number of anilines is 2. The fraction of sp³-hybridized carbons (Fsp3) is 0.474. The summed E-state index contributed by atoms with van der Waals surface area (Å²) < 4.78 is 5.25. The molecule has 130 valence electrons. The van der Waals surface area contributed by atoms with E-state index in [1.165, 1.54) is 18.4 Å². The van der Waals surface area contributed by atoms with E-state index in [0.29, 0.717) is 5.95 Å². The van der Waals surface area contributed by atoms with Crippen LogP contribution in [0.15, 0.2) is 30.3 Å². The Hall–Kier alpha value is -2.30. The van der Waals surface area contributed by atoms with Crippen LogP contribution in [-0.4, -0.2) is 30.2 Å². The first-order valence-electron chi connectivity index (χ1n) is 8.67. The van der Waals surface area contributed by atoms with Crippen LogP contribution in [0.3, 0.4) is 0 Å². The van der Waals surface area contributed by atoms with Gasteiger partial charge in [0.15, 0.2) is 0 Å². The van der Waals surface area contributed by atoms with Crippen molar-refractivity contribution in [3.63, 3.8) is 0 Å². The van der Waals surface area contributed by atoms with Crippen LogP contribution in [0.2, 0.25) is 0 Å². The van der Waals surface area contributed by atoms with E-state index in [9.17, 15) is 0 Å². The Morgan fingerprint density at radius 1 is 1.04 bits per heavy atom. The van der Waals surface area contributed by atoms with E-state index in [-0.39, 0.29) is 0 Å². The minimum absolute atomic E-state index is 0.677. The third-order valence-corrected chi connectivity index (χ3v) is 3.77. The van der Waals surface area contributed by atoms with Gasteiger partial charge in [0.05, 0.1) is 7.11 Å². The van der Waals surface area contributed by atoms with Crippen LogP contribution in [0.4, 0.5) is 11.8 Å². The molecule has 2 N–H and O–H groups in total. The molecule has 5 heteroatoms. The van der Waals surface area contributed by atoms with Crippen molar-refractivity contribution in [2.24, 2.45) is 0 Å². The van der Waals surface area contributed by atoms with Gasteiger partial charge in [-0.2, -0.15) is 4.98 Å². The van der Waals surface area contributed by atoms with Gasteiger partial charge in [-0.15, -0.1) is 0 Å². The normalized spacial score (nSPS) is 10.5. The third kappa shape index (κ3) is 6.07. The first-order chi connectivity index (χ1) is 11.7. The summed E-state index contributed by atoms with van der Waals surface area (Å²) in [4.78, 5) is 8.99. The Morgan fingerprint density at radius 3 is 2.71 bits per heavy atom. The first kappa shape index (κ1) is 18.0. The van der Waals surface area contributed by atoms with E-state index in [2.05, 4.69) is 39.7 Å². The molecular weight excluding hydrogens is 300 g/mol. The zero-order valence-corrected chi connectivity index (χ0v) is 14.9. The first-order valence-corrected chi connectivity index (χ1v) is 8.67. The van der Waals surface area contributed by atoms with E-state index >= 15 is 0 Å². The lowest BCUT2D eigenvalue weighted by atomic mass is 10.1. The number of hydrogen-bond acceptors (Lipinski definition) is 5. The molecule has 24 heavy (non-hydrogen) atoms. The molecule has 0 atom stereocenters. The van der Waals surface area contributed by atoms with Crippen molar-refractivity contribution < 1.29 is 4.74 Å².